The Morgan fingerprint density at radius 3 is 2.88 bits per heavy atom. The van der Waals surface area contributed by atoms with Gasteiger partial charge >= 0.3 is 0 Å². The maximum absolute atomic E-state index is 13.1. The smallest absolute Gasteiger partial charge is 0.123 e. The number of hydrogen-bond acceptors (Lipinski definition) is 2. The molecule has 1 atom stereocenters. The highest BCUT2D eigenvalue weighted by Crippen LogP contribution is 2.26. The topological polar surface area (TPSA) is 26.0 Å². The van der Waals surface area contributed by atoms with Gasteiger partial charge in [-0.2, -0.15) is 0 Å². The molecule has 16 heavy (non-hydrogen) atoms. The van der Waals surface area contributed by atoms with Gasteiger partial charge in [0.1, 0.15) is 5.82 Å². The first-order valence-corrected chi connectivity index (χ1v) is 6.57. The molecule has 0 aliphatic heterocycles. The number of benzene rings is 1. The largest absolute Gasteiger partial charge is 0.324 e. The van der Waals surface area contributed by atoms with Gasteiger partial charge in [-0.15, -0.1) is 11.3 Å². The van der Waals surface area contributed by atoms with Gasteiger partial charge in [-0.3, -0.25) is 0 Å². The van der Waals surface area contributed by atoms with Crippen molar-refractivity contribution in [3.05, 3.63) is 56.4 Å². The molecule has 0 bridgehead atoms. The summed E-state index contributed by atoms with van der Waals surface area (Å²) in [5.41, 5.74) is 6.88. The molecule has 84 valence electrons. The van der Waals surface area contributed by atoms with E-state index in [9.17, 15) is 4.39 Å². The average molecular weight is 300 g/mol. The normalized spacial score (nSPS) is 12.7. The van der Waals surface area contributed by atoms with Crippen LogP contribution in [0.1, 0.15) is 16.5 Å². The van der Waals surface area contributed by atoms with Crippen molar-refractivity contribution in [2.75, 3.05) is 0 Å². The van der Waals surface area contributed by atoms with Crippen molar-refractivity contribution in [3.8, 4) is 0 Å². The van der Waals surface area contributed by atoms with Gasteiger partial charge in [0.05, 0.1) is 0 Å². The number of nitrogens with two attached hydrogens (primary N) is 1. The summed E-state index contributed by atoms with van der Waals surface area (Å²) in [5, 5.41) is 2.02. The lowest BCUT2D eigenvalue weighted by Gasteiger charge is -2.13. The van der Waals surface area contributed by atoms with Crippen LogP contribution >= 0.6 is 27.3 Å². The third kappa shape index (κ3) is 2.70. The third-order valence-electron chi connectivity index (χ3n) is 2.36. The van der Waals surface area contributed by atoms with Crippen molar-refractivity contribution in [2.24, 2.45) is 5.73 Å². The quantitative estimate of drug-likeness (QED) is 0.914. The van der Waals surface area contributed by atoms with Crippen molar-refractivity contribution in [1.29, 1.82) is 0 Å². The monoisotopic (exact) mass is 299 g/mol. The first-order valence-electron chi connectivity index (χ1n) is 4.89. The highest BCUT2D eigenvalue weighted by molar-refractivity contribution is 9.10. The standard InChI is InChI=1S/C12H11BrFNS/c13-11-4-3-8(14)6-10(11)12(15)7-9-2-1-5-16-9/h1-6,12H,7,15H2. The molecule has 2 rings (SSSR count). The van der Waals surface area contributed by atoms with Gasteiger partial charge < -0.3 is 5.73 Å². The predicted octanol–water partition coefficient (Wildman–Crippen LogP) is 3.89. The van der Waals surface area contributed by atoms with Gasteiger partial charge in [0.2, 0.25) is 0 Å². The number of rotatable bonds is 3. The van der Waals surface area contributed by atoms with Crippen molar-refractivity contribution < 1.29 is 4.39 Å². The molecule has 1 nitrogen and oxygen atoms in total. The fourth-order valence-electron chi connectivity index (χ4n) is 1.55. The molecule has 0 aliphatic rings. The summed E-state index contributed by atoms with van der Waals surface area (Å²) in [4.78, 5) is 1.21. The Labute approximate surface area is 106 Å². The van der Waals surface area contributed by atoms with E-state index in [-0.39, 0.29) is 11.9 Å². The minimum atomic E-state index is -0.250. The molecule has 0 saturated carbocycles. The summed E-state index contributed by atoms with van der Waals surface area (Å²) in [6.07, 6.45) is 0.736. The zero-order valence-electron chi connectivity index (χ0n) is 8.49. The molecule has 2 N–H and O–H groups in total. The van der Waals surface area contributed by atoms with Crippen LogP contribution in [0.2, 0.25) is 0 Å². The Bertz CT molecular complexity index is 470. The number of hydrogen-bond donors (Lipinski definition) is 1. The van der Waals surface area contributed by atoms with Crippen LogP contribution in [0.25, 0.3) is 0 Å². The highest BCUT2D eigenvalue weighted by Gasteiger charge is 2.12. The van der Waals surface area contributed by atoms with Gasteiger partial charge in [0.15, 0.2) is 0 Å². The van der Waals surface area contributed by atoms with E-state index < -0.39 is 0 Å². The lowest BCUT2D eigenvalue weighted by Crippen LogP contribution is -2.13. The van der Waals surface area contributed by atoms with Crippen LogP contribution in [0.15, 0.2) is 40.2 Å². The summed E-state index contributed by atoms with van der Waals surface area (Å²) >= 11 is 5.06. The molecule has 1 aromatic heterocycles. The van der Waals surface area contributed by atoms with Gasteiger partial charge in [-0.05, 0) is 35.2 Å². The van der Waals surface area contributed by atoms with Crippen LogP contribution in [-0.2, 0) is 6.42 Å². The third-order valence-corrected chi connectivity index (χ3v) is 3.98. The van der Waals surface area contributed by atoms with Crippen LogP contribution < -0.4 is 5.73 Å². The van der Waals surface area contributed by atoms with E-state index in [1.54, 1.807) is 17.4 Å². The minimum absolute atomic E-state index is 0.177. The van der Waals surface area contributed by atoms with Crippen molar-refractivity contribution >= 4 is 27.3 Å². The Morgan fingerprint density at radius 1 is 1.38 bits per heavy atom. The molecular weight excluding hydrogens is 289 g/mol. The van der Waals surface area contributed by atoms with Gasteiger partial charge in [-0.25, -0.2) is 4.39 Å². The van der Waals surface area contributed by atoms with Crippen LogP contribution in [0, 0.1) is 5.82 Å². The fourth-order valence-corrected chi connectivity index (χ4v) is 2.86. The Kier molecular flexibility index (Phi) is 3.74. The zero-order chi connectivity index (χ0) is 11.5. The maximum Gasteiger partial charge on any atom is 0.123 e. The summed E-state index contributed by atoms with van der Waals surface area (Å²) in [5.74, 6) is -0.250. The highest BCUT2D eigenvalue weighted by atomic mass is 79.9. The lowest BCUT2D eigenvalue weighted by molar-refractivity contribution is 0.618. The van der Waals surface area contributed by atoms with Crippen LogP contribution in [0.5, 0.6) is 0 Å². The van der Waals surface area contributed by atoms with Gasteiger partial charge in [0.25, 0.3) is 0 Å². The summed E-state index contributed by atoms with van der Waals surface area (Å²) in [7, 11) is 0. The summed E-state index contributed by atoms with van der Waals surface area (Å²) in [6, 6.07) is 8.46. The van der Waals surface area contributed by atoms with E-state index in [4.69, 9.17) is 5.73 Å². The van der Waals surface area contributed by atoms with E-state index >= 15 is 0 Å². The maximum atomic E-state index is 13.1. The van der Waals surface area contributed by atoms with Crippen molar-refractivity contribution in [3.63, 3.8) is 0 Å². The van der Waals surface area contributed by atoms with E-state index in [1.807, 2.05) is 17.5 Å². The average Bonchev–Trinajstić information content (AvgIpc) is 2.74. The molecule has 2 aromatic rings. The van der Waals surface area contributed by atoms with Crippen LogP contribution in [0.3, 0.4) is 0 Å². The molecule has 0 aliphatic carbocycles. The molecule has 1 heterocycles. The van der Waals surface area contributed by atoms with E-state index in [0.29, 0.717) is 0 Å². The van der Waals surface area contributed by atoms with Gasteiger partial charge in [-0.1, -0.05) is 22.0 Å². The van der Waals surface area contributed by atoms with E-state index in [0.717, 1.165) is 16.5 Å². The molecule has 4 heteroatoms. The van der Waals surface area contributed by atoms with Gasteiger partial charge in [0, 0.05) is 21.8 Å². The fraction of sp³-hybridized carbons (Fsp3) is 0.167. The van der Waals surface area contributed by atoms with Crippen LogP contribution in [0.4, 0.5) is 4.39 Å². The second kappa shape index (κ2) is 5.08. The molecule has 0 fully saturated rings. The number of halogens is 2. The summed E-state index contributed by atoms with van der Waals surface area (Å²) < 4.78 is 14.0. The van der Waals surface area contributed by atoms with Crippen molar-refractivity contribution in [2.45, 2.75) is 12.5 Å². The molecule has 0 amide bonds. The molecule has 1 aromatic carbocycles. The molecule has 1 unspecified atom stereocenters. The molecular formula is C12H11BrFNS. The zero-order valence-corrected chi connectivity index (χ0v) is 10.9. The molecule has 0 saturated heterocycles. The SMILES string of the molecule is NC(Cc1cccs1)c1cc(F)ccc1Br. The first kappa shape index (κ1) is 11.8. The Morgan fingerprint density at radius 2 is 2.19 bits per heavy atom. The molecule has 0 radical (unpaired) electrons. The summed E-state index contributed by atoms with van der Waals surface area (Å²) in [6.45, 7) is 0. The lowest BCUT2D eigenvalue weighted by atomic mass is 10.0. The second-order valence-electron chi connectivity index (χ2n) is 3.56. The second-order valence-corrected chi connectivity index (χ2v) is 5.44. The first-order chi connectivity index (χ1) is 7.66. The van der Waals surface area contributed by atoms with Crippen molar-refractivity contribution in [1.82, 2.24) is 0 Å². The van der Waals surface area contributed by atoms with Crippen LogP contribution in [-0.4, -0.2) is 0 Å². The Balaban J connectivity index is 2.20. The molecule has 0 spiro atoms. The number of thiophene rings is 1. The van der Waals surface area contributed by atoms with E-state index in [2.05, 4.69) is 15.9 Å². The predicted molar refractivity (Wildman–Crippen MR) is 69.1 cm³/mol. The Hall–Kier alpha value is -0.710. The minimum Gasteiger partial charge on any atom is -0.324 e. The van der Waals surface area contributed by atoms with E-state index in [1.165, 1.54) is 17.0 Å².